The van der Waals surface area contributed by atoms with E-state index < -0.39 is 11.7 Å². The molecular formula is C27H27F3N4O2. The minimum absolute atomic E-state index is 0.0487. The molecule has 6 nitrogen and oxygen atoms in total. The summed E-state index contributed by atoms with van der Waals surface area (Å²) in [4.78, 5) is 15.5. The van der Waals surface area contributed by atoms with Crippen molar-refractivity contribution in [2.24, 2.45) is 12.5 Å². The summed E-state index contributed by atoms with van der Waals surface area (Å²) >= 11 is 0. The molecule has 6 rings (SSSR count). The number of amides is 1. The van der Waals surface area contributed by atoms with Crippen LogP contribution in [0.3, 0.4) is 0 Å². The van der Waals surface area contributed by atoms with E-state index >= 15 is 0 Å². The van der Waals surface area contributed by atoms with E-state index in [-0.39, 0.29) is 24.0 Å². The Hall–Kier alpha value is -3.33. The van der Waals surface area contributed by atoms with E-state index in [1.54, 1.807) is 17.8 Å². The number of benzene rings is 2. The first kappa shape index (κ1) is 23.1. The van der Waals surface area contributed by atoms with Crippen molar-refractivity contribution in [1.82, 2.24) is 19.2 Å². The Bertz CT molecular complexity index is 1460. The average molecular weight is 497 g/mol. The second-order valence-electron chi connectivity index (χ2n) is 10.3. The molecule has 188 valence electrons. The third-order valence-electron chi connectivity index (χ3n) is 8.00. The van der Waals surface area contributed by atoms with Gasteiger partial charge in [0.2, 0.25) is 0 Å². The van der Waals surface area contributed by atoms with Gasteiger partial charge < -0.3 is 10.0 Å². The van der Waals surface area contributed by atoms with Gasteiger partial charge in [0.05, 0.1) is 23.7 Å². The molecule has 1 saturated carbocycles. The molecule has 1 aliphatic heterocycles. The van der Waals surface area contributed by atoms with E-state index in [1.807, 2.05) is 27.8 Å². The van der Waals surface area contributed by atoms with Gasteiger partial charge in [0.1, 0.15) is 0 Å². The Labute approximate surface area is 205 Å². The molecular weight excluding hydrogens is 469 g/mol. The van der Waals surface area contributed by atoms with Crippen LogP contribution in [0.2, 0.25) is 0 Å². The molecule has 4 aromatic rings. The maximum absolute atomic E-state index is 13.6. The molecule has 3 heterocycles. The lowest BCUT2D eigenvalue weighted by Gasteiger charge is -2.24. The lowest BCUT2D eigenvalue weighted by atomic mass is 9.84. The number of hydrogen-bond acceptors (Lipinski definition) is 3. The third kappa shape index (κ3) is 3.59. The molecule has 1 N–H and O–H groups in total. The van der Waals surface area contributed by atoms with E-state index in [0.29, 0.717) is 23.4 Å². The van der Waals surface area contributed by atoms with Crippen LogP contribution in [0, 0.1) is 5.41 Å². The molecule has 2 aliphatic rings. The summed E-state index contributed by atoms with van der Waals surface area (Å²) in [5, 5.41) is 16.2. The molecule has 1 unspecified atom stereocenters. The van der Waals surface area contributed by atoms with Crippen LogP contribution in [0.1, 0.15) is 48.0 Å². The van der Waals surface area contributed by atoms with Gasteiger partial charge in [0.15, 0.2) is 5.65 Å². The monoisotopic (exact) mass is 496 g/mol. The quantitative estimate of drug-likeness (QED) is 0.419. The summed E-state index contributed by atoms with van der Waals surface area (Å²) in [6.45, 7) is 0.622. The Morgan fingerprint density at radius 1 is 1.11 bits per heavy atom. The van der Waals surface area contributed by atoms with Gasteiger partial charge in [-0.05, 0) is 67.1 Å². The van der Waals surface area contributed by atoms with E-state index in [1.165, 1.54) is 25.0 Å². The lowest BCUT2D eigenvalue weighted by molar-refractivity contribution is -0.137. The van der Waals surface area contributed by atoms with Gasteiger partial charge in [-0.2, -0.15) is 18.3 Å². The number of carbonyl (C=O) groups excluding carboxylic acids is 1. The zero-order valence-corrected chi connectivity index (χ0v) is 19.9. The summed E-state index contributed by atoms with van der Waals surface area (Å²) in [5.41, 5.74) is 1.87. The molecule has 1 amide bonds. The molecule has 1 saturated heterocycles. The van der Waals surface area contributed by atoms with Crippen LogP contribution in [0.5, 0.6) is 0 Å². The molecule has 1 aliphatic carbocycles. The number of aliphatic hydroxyl groups is 1. The van der Waals surface area contributed by atoms with E-state index in [9.17, 15) is 23.1 Å². The predicted octanol–water partition coefficient (Wildman–Crippen LogP) is 5.30. The summed E-state index contributed by atoms with van der Waals surface area (Å²) < 4.78 is 42.8. The largest absolute Gasteiger partial charge is 0.416 e. The number of halogens is 3. The number of alkyl halides is 3. The Morgan fingerprint density at radius 2 is 1.83 bits per heavy atom. The van der Waals surface area contributed by atoms with Crippen LogP contribution in [-0.2, 0) is 13.2 Å². The van der Waals surface area contributed by atoms with Gasteiger partial charge >= 0.3 is 6.18 Å². The highest BCUT2D eigenvalue weighted by Gasteiger charge is 2.47. The first-order valence-corrected chi connectivity index (χ1v) is 12.3. The second-order valence-corrected chi connectivity index (χ2v) is 10.3. The van der Waals surface area contributed by atoms with Crippen molar-refractivity contribution in [3.8, 4) is 5.69 Å². The molecule has 1 atom stereocenters. The molecule has 2 fully saturated rings. The number of aryl methyl sites for hydroxylation is 1. The highest BCUT2D eigenvalue weighted by atomic mass is 19.4. The van der Waals surface area contributed by atoms with Crippen molar-refractivity contribution >= 4 is 27.8 Å². The summed E-state index contributed by atoms with van der Waals surface area (Å²) in [5.74, 6) is -0.0981. The number of rotatable bonds is 3. The minimum Gasteiger partial charge on any atom is -0.394 e. The molecule has 36 heavy (non-hydrogen) atoms. The van der Waals surface area contributed by atoms with Crippen LogP contribution in [-0.4, -0.2) is 49.5 Å². The van der Waals surface area contributed by atoms with Crippen molar-refractivity contribution in [2.45, 2.75) is 44.3 Å². The number of nitrogens with zero attached hydrogens (tertiary/aromatic N) is 4. The third-order valence-corrected chi connectivity index (χ3v) is 8.00. The normalized spacial score (nSPS) is 19.8. The Morgan fingerprint density at radius 3 is 2.50 bits per heavy atom. The number of hydrogen-bond donors (Lipinski definition) is 1. The van der Waals surface area contributed by atoms with Crippen LogP contribution in [0.25, 0.3) is 27.6 Å². The zero-order chi connectivity index (χ0) is 25.2. The molecule has 1 spiro atoms. The Balaban J connectivity index is 1.42. The molecule has 9 heteroatoms. The van der Waals surface area contributed by atoms with Gasteiger partial charge in [-0.25, -0.2) is 0 Å². The van der Waals surface area contributed by atoms with Gasteiger partial charge in [0, 0.05) is 41.8 Å². The standard InChI is InChI=1S/C27H27F3N4O2/c1-32-14-22-21-12-17(25(36)33-16-26(10-2-3-11-26)13-20(33)15-35)4-9-23(21)34(24(22)31-32)19-7-5-18(6-8-19)27(28,29)30/h4-9,12,14,20,35H,2-3,10-11,13,15-16H2,1H3. The zero-order valence-electron chi connectivity index (χ0n) is 19.9. The topological polar surface area (TPSA) is 63.3 Å². The fourth-order valence-electron chi connectivity index (χ4n) is 6.31. The maximum atomic E-state index is 13.6. The first-order valence-electron chi connectivity index (χ1n) is 12.3. The van der Waals surface area contributed by atoms with Crippen LogP contribution < -0.4 is 0 Å². The maximum Gasteiger partial charge on any atom is 0.416 e. The van der Waals surface area contributed by atoms with Crippen molar-refractivity contribution < 1.29 is 23.1 Å². The van der Waals surface area contributed by atoms with Crippen LogP contribution in [0.4, 0.5) is 13.2 Å². The van der Waals surface area contributed by atoms with Gasteiger partial charge in [-0.1, -0.05) is 12.8 Å². The average Bonchev–Trinajstić information content (AvgIpc) is 3.62. The number of likely N-dealkylation sites (tertiary alicyclic amines) is 1. The fraction of sp³-hybridized carbons (Fsp3) is 0.407. The number of aromatic nitrogens is 3. The van der Waals surface area contributed by atoms with E-state index in [4.69, 9.17) is 0 Å². The van der Waals surface area contributed by atoms with Crippen molar-refractivity contribution in [2.75, 3.05) is 13.2 Å². The lowest BCUT2D eigenvalue weighted by Crippen LogP contribution is -2.38. The number of aliphatic hydroxyl groups excluding tert-OH is 1. The minimum atomic E-state index is -4.41. The Kier molecular flexibility index (Phi) is 5.19. The molecule has 0 bridgehead atoms. The van der Waals surface area contributed by atoms with Crippen molar-refractivity contribution in [1.29, 1.82) is 0 Å². The molecule has 2 aromatic heterocycles. The molecule has 0 radical (unpaired) electrons. The second kappa shape index (κ2) is 8.09. The van der Waals surface area contributed by atoms with Gasteiger partial charge in [-0.3, -0.25) is 14.0 Å². The highest BCUT2D eigenvalue weighted by Crippen LogP contribution is 2.48. The fourth-order valence-corrected chi connectivity index (χ4v) is 6.31. The number of carbonyl (C=O) groups is 1. The summed E-state index contributed by atoms with van der Waals surface area (Å²) in [6, 6.07) is 10.3. The SMILES string of the molecule is Cn1cc2c3cc(C(=O)N4CC5(CCCC5)CC4CO)ccc3n(-c3ccc(C(F)(F)F)cc3)c2n1. The first-order chi connectivity index (χ1) is 17.2. The van der Waals surface area contributed by atoms with Gasteiger partial charge in [0.25, 0.3) is 5.91 Å². The predicted molar refractivity (Wildman–Crippen MR) is 130 cm³/mol. The van der Waals surface area contributed by atoms with Gasteiger partial charge in [-0.15, -0.1) is 0 Å². The van der Waals surface area contributed by atoms with E-state index in [0.717, 1.165) is 47.7 Å². The smallest absolute Gasteiger partial charge is 0.394 e. The van der Waals surface area contributed by atoms with Crippen molar-refractivity contribution in [3.63, 3.8) is 0 Å². The molecule has 2 aromatic carbocycles. The van der Waals surface area contributed by atoms with Crippen molar-refractivity contribution in [3.05, 3.63) is 59.8 Å². The number of fused-ring (bicyclic) bond motifs is 3. The highest BCUT2D eigenvalue weighted by molar-refractivity contribution is 6.10. The summed E-state index contributed by atoms with van der Waals surface area (Å²) in [7, 11) is 1.79. The van der Waals surface area contributed by atoms with Crippen LogP contribution in [0.15, 0.2) is 48.7 Å². The van der Waals surface area contributed by atoms with E-state index in [2.05, 4.69) is 5.10 Å². The van der Waals surface area contributed by atoms with Crippen LogP contribution >= 0.6 is 0 Å². The summed E-state index contributed by atoms with van der Waals surface area (Å²) in [6.07, 6.45) is 2.81.